The van der Waals surface area contributed by atoms with Gasteiger partial charge in [0, 0.05) is 18.5 Å². The van der Waals surface area contributed by atoms with Crippen LogP contribution < -0.4 is 4.72 Å². The number of nitrogens with one attached hydrogen (secondary N) is 1. The molecular formula is C20H26F3NO4S. The van der Waals surface area contributed by atoms with Gasteiger partial charge in [-0.15, -0.1) is 0 Å². The zero-order valence-corrected chi connectivity index (χ0v) is 17.5. The van der Waals surface area contributed by atoms with Crippen LogP contribution in [0.5, 0.6) is 0 Å². The quantitative estimate of drug-likeness (QED) is 0.366. The van der Waals surface area contributed by atoms with E-state index in [1.54, 1.807) is 13.8 Å². The van der Waals surface area contributed by atoms with Gasteiger partial charge in [-0.3, -0.25) is 0 Å². The molecule has 0 saturated heterocycles. The van der Waals surface area contributed by atoms with Crippen LogP contribution in [0.2, 0.25) is 0 Å². The Bertz CT molecular complexity index is 822. The predicted molar refractivity (Wildman–Crippen MR) is 105 cm³/mol. The molecule has 5 nitrogen and oxygen atoms in total. The topological polar surface area (TPSA) is 72.5 Å². The van der Waals surface area contributed by atoms with Gasteiger partial charge in [-0.25, -0.2) is 17.9 Å². The number of ether oxygens (including phenoxy) is 1. The first kappa shape index (κ1) is 25.0. The van der Waals surface area contributed by atoms with E-state index in [0.29, 0.717) is 25.8 Å². The summed E-state index contributed by atoms with van der Waals surface area (Å²) in [5, 5.41) is -0.482. The molecular weight excluding hydrogens is 407 g/mol. The number of hydrogen-bond donors (Lipinski definition) is 1. The molecule has 0 aliphatic heterocycles. The fourth-order valence-corrected chi connectivity index (χ4v) is 2.96. The van der Waals surface area contributed by atoms with E-state index in [9.17, 15) is 26.4 Å². The van der Waals surface area contributed by atoms with Gasteiger partial charge in [0.2, 0.25) is 10.0 Å². The first-order valence-corrected chi connectivity index (χ1v) is 10.8. The molecule has 9 heteroatoms. The molecule has 0 spiro atoms. The van der Waals surface area contributed by atoms with E-state index in [4.69, 9.17) is 0 Å². The number of benzene rings is 1. The minimum atomic E-state index is -4.96. The Morgan fingerprint density at radius 1 is 1.14 bits per heavy atom. The van der Waals surface area contributed by atoms with Crippen LogP contribution in [-0.4, -0.2) is 39.0 Å². The molecule has 0 saturated carbocycles. The van der Waals surface area contributed by atoms with Gasteiger partial charge >= 0.3 is 12.1 Å². The molecule has 29 heavy (non-hydrogen) atoms. The summed E-state index contributed by atoms with van der Waals surface area (Å²) in [6.45, 7) is 5.19. The number of carbonyl (C=O) groups excluding carboxylic acids is 1. The predicted octanol–water partition coefficient (Wildman–Crippen LogP) is 3.75. The second-order valence-electron chi connectivity index (χ2n) is 6.86. The van der Waals surface area contributed by atoms with Crippen molar-refractivity contribution in [1.82, 2.24) is 4.72 Å². The molecule has 0 amide bonds. The number of unbranched alkanes of at least 4 members (excludes halogenated alkanes) is 2. The van der Waals surface area contributed by atoms with Crippen molar-refractivity contribution in [2.75, 3.05) is 13.2 Å². The van der Waals surface area contributed by atoms with Crippen molar-refractivity contribution < 1.29 is 31.1 Å². The molecule has 1 aromatic carbocycles. The maximum Gasteiger partial charge on any atom is 0.490 e. The molecule has 1 atom stereocenters. The number of carbonyl (C=O) groups is 1. The number of rotatable bonds is 9. The number of sulfonamides is 1. The Morgan fingerprint density at radius 2 is 1.76 bits per heavy atom. The summed E-state index contributed by atoms with van der Waals surface area (Å²) in [6, 6.07) is 7.44. The summed E-state index contributed by atoms with van der Waals surface area (Å²) in [4.78, 5) is 10.5. The first-order valence-electron chi connectivity index (χ1n) is 9.24. The van der Waals surface area contributed by atoms with Crippen molar-refractivity contribution in [1.29, 1.82) is 0 Å². The lowest BCUT2D eigenvalue weighted by Gasteiger charge is -2.15. The van der Waals surface area contributed by atoms with Crippen molar-refractivity contribution in [2.24, 2.45) is 0 Å². The molecule has 0 heterocycles. The molecule has 0 unspecified atom stereocenters. The summed E-state index contributed by atoms with van der Waals surface area (Å²) in [5.41, 5.74) is 1.76. The van der Waals surface area contributed by atoms with Gasteiger partial charge in [-0.05, 0) is 50.3 Å². The number of halogens is 3. The number of alkyl halides is 3. The molecule has 162 valence electrons. The SMILES string of the molecule is CC(C)S(=O)(=O)NC[C@H](C)c1ccc(C#CCCCCOC(=O)C(F)(F)F)cc1. The van der Waals surface area contributed by atoms with Gasteiger partial charge in [-0.1, -0.05) is 30.9 Å². The average molecular weight is 433 g/mol. The third kappa shape index (κ3) is 9.33. The van der Waals surface area contributed by atoms with Gasteiger partial charge in [0.25, 0.3) is 0 Å². The molecule has 0 radical (unpaired) electrons. The molecule has 0 aromatic heterocycles. The van der Waals surface area contributed by atoms with Gasteiger partial charge in [-0.2, -0.15) is 13.2 Å². The summed E-state index contributed by atoms with van der Waals surface area (Å²) in [5.74, 6) is 3.71. The van der Waals surface area contributed by atoms with Crippen LogP contribution >= 0.6 is 0 Å². The molecule has 0 fully saturated rings. The highest BCUT2D eigenvalue weighted by Crippen LogP contribution is 2.17. The summed E-state index contributed by atoms with van der Waals surface area (Å²) in [6.07, 6.45) is -3.66. The lowest BCUT2D eigenvalue weighted by atomic mass is 10.0. The lowest BCUT2D eigenvalue weighted by Crippen LogP contribution is -2.33. The van der Waals surface area contributed by atoms with Crippen LogP contribution in [0.15, 0.2) is 24.3 Å². The van der Waals surface area contributed by atoms with E-state index in [2.05, 4.69) is 21.3 Å². The van der Waals surface area contributed by atoms with E-state index in [1.165, 1.54) is 0 Å². The molecule has 1 aromatic rings. The smallest absolute Gasteiger partial charge is 0.459 e. The third-order valence-electron chi connectivity index (χ3n) is 4.08. The van der Waals surface area contributed by atoms with Gasteiger partial charge in [0.05, 0.1) is 11.9 Å². The van der Waals surface area contributed by atoms with E-state index >= 15 is 0 Å². The second-order valence-corrected chi connectivity index (χ2v) is 9.18. The molecule has 1 N–H and O–H groups in total. The summed E-state index contributed by atoms with van der Waals surface area (Å²) < 4.78 is 66.1. The first-order chi connectivity index (χ1) is 13.4. The molecule has 0 aliphatic carbocycles. The van der Waals surface area contributed by atoms with Crippen LogP contribution in [0.3, 0.4) is 0 Å². The molecule has 1 rings (SSSR count). The summed E-state index contributed by atoms with van der Waals surface area (Å²) >= 11 is 0. The zero-order chi connectivity index (χ0) is 22.1. The van der Waals surface area contributed by atoms with Gasteiger partial charge < -0.3 is 4.74 Å². The van der Waals surface area contributed by atoms with E-state index < -0.39 is 27.4 Å². The molecule has 0 bridgehead atoms. The van der Waals surface area contributed by atoms with Crippen LogP contribution in [0.4, 0.5) is 13.2 Å². The summed E-state index contributed by atoms with van der Waals surface area (Å²) in [7, 11) is -3.30. The van der Waals surface area contributed by atoms with Crippen molar-refractivity contribution in [3.8, 4) is 11.8 Å². The fraction of sp³-hybridized carbons (Fsp3) is 0.550. The van der Waals surface area contributed by atoms with Crippen molar-refractivity contribution >= 4 is 16.0 Å². The van der Waals surface area contributed by atoms with Crippen LogP contribution in [-0.2, 0) is 19.6 Å². The van der Waals surface area contributed by atoms with E-state index in [1.807, 2.05) is 31.2 Å². The number of hydrogen-bond acceptors (Lipinski definition) is 4. The Morgan fingerprint density at radius 3 is 2.31 bits per heavy atom. The number of esters is 1. The third-order valence-corrected chi connectivity index (χ3v) is 5.89. The monoisotopic (exact) mass is 433 g/mol. The normalized spacial score (nSPS) is 12.9. The Balaban J connectivity index is 2.39. The highest BCUT2D eigenvalue weighted by molar-refractivity contribution is 7.90. The van der Waals surface area contributed by atoms with Gasteiger partial charge in [0.1, 0.15) is 0 Å². The van der Waals surface area contributed by atoms with E-state index in [-0.39, 0.29) is 12.5 Å². The minimum Gasteiger partial charge on any atom is -0.459 e. The zero-order valence-electron chi connectivity index (χ0n) is 16.7. The van der Waals surface area contributed by atoms with Crippen LogP contribution in [0.1, 0.15) is 57.1 Å². The second kappa shape index (κ2) is 11.2. The highest BCUT2D eigenvalue weighted by Gasteiger charge is 2.40. The van der Waals surface area contributed by atoms with E-state index in [0.717, 1.165) is 11.1 Å². The highest BCUT2D eigenvalue weighted by atomic mass is 32.2. The van der Waals surface area contributed by atoms with Crippen molar-refractivity contribution in [2.45, 2.75) is 57.4 Å². The van der Waals surface area contributed by atoms with Crippen molar-refractivity contribution in [3.63, 3.8) is 0 Å². The van der Waals surface area contributed by atoms with Crippen LogP contribution in [0.25, 0.3) is 0 Å². The largest absolute Gasteiger partial charge is 0.490 e. The fourth-order valence-electron chi connectivity index (χ4n) is 2.15. The minimum absolute atomic E-state index is 0.00458. The average Bonchev–Trinajstić information content (AvgIpc) is 2.64. The van der Waals surface area contributed by atoms with Gasteiger partial charge in [0.15, 0.2) is 0 Å². The lowest BCUT2D eigenvalue weighted by molar-refractivity contribution is -0.199. The maximum atomic E-state index is 11.9. The molecule has 0 aliphatic rings. The Labute approximate surface area is 170 Å². The Hall–Kier alpha value is -2.05. The van der Waals surface area contributed by atoms with Crippen LogP contribution in [0, 0.1) is 11.8 Å². The van der Waals surface area contributed by atoms with Crippen molar-refractivity contribution in [3.05, 3.63) is 35.4 Å². The standard InChI is InChI=1S/C20H26F3NO4S/c1-15(2)29(26,27)24-14-16(3)18-11-9-17(10-12-18)8-6-4-5-7-13-28-19(25)20(21,22)23/h9-12,15-16,24H,4-5,7,13-14H2,1-3H3/t16-/m0/s1. The maximum absolute atomic E-state index is 11.9. The Kier molecular flexibility index (Phi) is 9.66.